The van der Waals surface area contributed by atoms with Crippen molar-refractivity contribution in [3.8, 4) is 0 Å². The Morgan fingerprint density at radius 2 is 2.05 bits per heavy atom. The number of benzene rings is 1. The van der Waals surface area contributed by atoms with Crippen LogP contribution in [0.1, 0.15) is 32.3 Å². The van der Waals surface area contributed by atoms with Crippen LogP contribution in [0.3, 0.4) is 0 Å². The third kappa shape index (κ3) is 8.12. The molecule has 0 bridgehead atoms. The minimum absolute atomic E-state index is 0.377. The van der Waals surface area contributed by atoms with E-state index in [-0.39, 0.29) is 0 Å². The van der Waals surface area contributed by atoms with Gasteiger partial charge in [-0.1, -0.05) is 30.3 Å². The summed E-state index contributed by atoms with van der Waals surface area (Å²) in [7, 11) is 0. The molecule has 3 nitrogen and oxygen atoms in total. The van der Waals surface area contributed by atoms with E-state index < -0.39 is 0 Å². The summed E-state index contributed by atoms with van der Waals surface area (Å²) in [5, 5.41) is 7.27. The largest absolute Gasteiger partial charge is 0.382 e. The molecule has 1 rings (SSSR count). The van der Waals surface area contributed by atoms with Crippen LogP contribution < -0.4 is 10.6 Å². The quantitative estimate of drug-likeness (QED) is 0.542. The van der Waals surface area contributed by atoms with Crippen molar-refractivity contribution in [2.75, 3.05) is 19.8 Å². The lowest BCUT2D eigenvalue weighted by atomic mass is 10.1. The number of hydrogen-bond acceptors (Lipinski definition) is 2. The van der Waals surface area contributed by atoms with Crippen LogP contribution in [0.25, 0.3) is 0 Å². The molecule has 0 saturated carbocycles. The van der Waals surface area contributed by atoms with Gasteiger partial charge in [0.05, 0.1) is 0 Å². The van der Waals surface area contributed by atoms with Gasteiger partial charge in [-0.2, -0.15) is 0 Å². The first-order chi connectivity index (χ1) is 9.72. The van der Waals surface area contributed by atoms with E-state index in [1.165, 1.54) is 5.56 Å². The number of thiocarbonyl (C=S) groups is 1. The van der Waals surface area contributed by atoms with Crippen molar-refractivity contribution in [2.24, 2.45) is 0 Å². The average Bonchev–Trinajstić information content (AvgIpc) is 2.46. The van der Waals surface area contributed by atoms with Gasteiger partial charge >= 0.3 is 0 Å². The van der Waals surface area contributed by atoms with Gasteiger partial charge in [0.2, 0.25) is 0 Å². The van der Waals surface area contributed by atoms with E-state index in [0.29, 0.717) is 6.04 Å². The molecule has 0 heterocycles. The first-order valence-corrected chi connectivity index (χ1v) is 7.79. The Morgan fingerprint density at radius 1 is 1.30 bits per heavy atom. The maximum absolute atomic E-state index is 5.28. The minimum atomic E-state index is 0.377. The molecule has 112 valence electrons. The zero-order chi connectivity index (χ0) is 14.6. The van der Waals surface area contributed by atoms with Crippen LogP contribution in [-0.4, -0.2) is 30.9 Å². The summed E-state index contributed by atoms with van der Waals surface area (Å²) in [5.41, 5.74) is 1.37. The summed E-state index contributed by atoms with van der Waals surface area (Å²) < 4.78 is 5.28. The zero-order valence-electron chi connectivity index (χ0n) is 12.5. The Bertz CT molecular complexity index is 370. The van der Waals surface area contributed by atoms with Crippen LogP contribution in [0.5, 0.6) is 0 Å². The summed E-state index contributed by atoms with van der Waals surface area (Å²) in [4.78, 5) is 0. The summed E-state index contributed by atoms with van der Waals surface area (Å²) >= 11 is 5.28. The Morgan fingerprint density at radius 3 is 2.75 bits per heavy atom. The molecule has 1 aromatic carbocycles. The predicted molar refractivity (Wildman–Crippen MR) is 89.1 cm³/mol. The van der Waals surface area contributed by atoms with E-state index >= 15 is 0 Å². The fourth-order valence-electron chi connectivity index (χ4n) is 1.90. The third-order valence-electron chi connectivity index (χ3n) is 3.04. The van der Waals surface area contributed by atoms with Gasteiger partial charge in [0, 0.05) is 25.8 Å². The smallest absolute Gasteiger partial charge is 0.166 e. The fraction of sp³-hybridized carbons (Fsp3) is 0.562. The Kier molecular flexibility index (Phi) is 9.00. The Balaban J connectivity index is 2.09. The summed E-state index contributed by atoms with van der Waals surface area (Å²) in [6, 6.07) is 10.9. The molecule has 1 aromatic rings. The molecule has 0 aromatic heterocycles. The highest BCUT2D eigenvalue weighted by atomic mass is 32.1. The first-order valence-electron chi connectivity index (χ1n) is 7.38. The van der Waals surface area contributed by atoms with Crippen LogP contribution in [0.4, 0.5) is 0 Å². The standard InChI is InChI=1S/C16H26N2OS/c1-3-19-13-7-12-17-16(20)18-14(2)10-11-15-8-5-4-6-9-15/h4-6,8-9,14H,3,7,10-13H2,1-2H3,(H2,17,18,20). The molecule has 0 aliphatic heterocycles. The number of hydrogen-bond donors (Lipinski definition) is 2. The van der Waals surface area contributed by atoms with Gasteiger partial charge in [-0.15, -0.1) is 0 Å². The van der Waals surface area contributed by atoms with E-state index in [1.807, 2.05) is 13.0 Å². The third-order valence-corrected chi connectivity index (χ3v) is 3.30. The molecule has 0 spiro atoms. The Labute approximate surface area is 128 Å². The number of nitrogens with one attached hydrogen (secondary N) is 2. The van der Waals surface area contributed by atoms with E-state index in [4.69, 9.17) is 17.0 Å². The highest BCUT2D eigenvalue weighted by Crippen LogP contribution is 2.04. The molecular weight excluding hydrogens is 268 g/mol. The number of ether oxygens (including phenoxy) is 1. The molecular formula is C16H26N2OS. The summed E-state index contributed by atoms with van der Waals surface area (Å²) in [5.74, 6) is 0. The van der Waals surface area contributed by atoms with Gasteiger partial charge < -0.3 is 15.4 Å². The minimum Gasteiger partial charge on any atom is -0.382 e. The van der Waals surface area contributed by atoms with Crippen molar-refractivity contribution in [3.05, 3.63) is 35.9 Å². The second kappa shape index (κ2) is 10.6. The van der Waals surface area contributed by atoms with Crippen molar-refractivity contribution in [1.29, 1.82) is 0 Å². The lowest BCUT2D eigenvalue weighted by Gasteiger charge is -2.17. The van der Waals surface area contributed by atoms with Crippen LogP contribution in [-0.2, 0) is 11.2 Å². The van der Waals surface area contributed by atoms with Crippen LogP contribution in [0.15, 0.2) is 30.3 Å². The lowest BCUT2D eigenvalue weighted by Crippen LogP contribution is -2.41. The second-order valence-corrected chi connectivity index (χ2v) is 5.28. The molecule has 1 unspecified atom stereocenters. The maximum atomic E-state index is 5.28. The number of aryl methyl sites for hydroxylation is 1. The lowest BCUT2D eigenvalue weighted by molar-refractivity contribution is 0.145. The SMILES string of the molecule is CCOCCCNC(=S)NC(C)CCc1ccccc1. The van der Waals surface area contributed by atoms with Crippen molar-refractivity contribution in [1.82, 2.24) is 10.6 Å². The molecule has 2 N–H and O–H groups in total. The Hall–Kier alpha value is -1.13. The molecule has 0 aliphatic carbocycles. The molecule has 0 aliphatic rings. The maximum Gasteiger partial charge on any atom is 0.166 e. The summed E-state index contributed by atoms with van der Waals surface area (Å²) in [6.07, 6.45) is 3.13. The molecule has 0 saturated heterocycles. The molecule has 4 heteroatoms. The molecule has 0 radical (unpaired) electrons. The predicted octanol–water partition coefficient (Wildman–Crippen LogP) is 2.90. The van der Waals surface area contributed by atoms with Crippen molar-refractivity contribution >= 4 is 17.3 Å². The molecule has 1 atom stereocenters. The fourth-order valence-corrected chi connectivity index (χ4v) is 2.20. The van der Waals surface area contributed by atoms with Crippen LogP contribution >= 0.6 is 12.2 Å². The molecule has 0 amide bonds. The first kappa shape index (κ1) is 16.9. The van der Waals surface area contributed by atoms with E-state index in [2.05, 4.69) is 41.8 Å². The van der Waals surface area contributed by atoms with Gasteiger partial charge in [-0.3, -0.25) is 0 Å². The zero-order valence-corrected chi connectivity index (χ0v) is 13.3. The van der Waals surface area contributed by atoms with Crippen molar-refractivity contribution in [3.63, 3.8) is 0 Å². The number of rotatable bonds is 9. The average molecular weight is 294 g/mol. The topological polar surface area (TPSA) is 33.3 Å². The highest BCUT2D eigenvalue weighted by molar-refractivity contribution is 7.80. The molecule has 20 heavy (non-hydrogen) atoms. The van der Waals surface area contributed by atoms with Crippen LogP contribution in [0.2, 0.25) is 0 Å². The normalized spacial score (nSPS) is 11.9. The van der Waals surface area contributed by atoms with Gasteiger partial charge in [0.25, 0.3) is 0 Å². The van der Waals surface area contributed by atoms with Crippen molar-refractivity contribution < 1.29 is 4.74 Å². The summed E-state index contributed by atoms with van der Waals surface area (Å²) in [6.45, 7) is 6.59. The van der Waals surface area contributed by atoms with E-state index in [0.717, 1.165) is 44.1 Å². The van der Waals surface area contributed by atoms with E-state index in [1.54, 1.807) is 0 Å². The van der Waals surface area contributed by atoms with Gasteiger partial charge in [0.15, 0.2) is 5.11 Å². The van der Waals surface area contributed by atoms with Crippen molar-refractivity contribution in [2.45, 2.75) is 39.2 Å². The monoisotopic (exact) mass is 294 g/mol. The van der Waals surface area contributed by atoms with E-state index in [9.17, 15) is 0 Å². The van der Waals surface area contributed by atoms with Gasteiger partial charge in [-0.25, -0.2) is 0 Å². The second-order valence-electron chi connectivity index (χ2n) is 4.88. The van der Waals surface area contributed by atoms with Gasteiger partial charge in [-0.05, 0) is 50.9 Å². The highest BCUT2D eigenvalue weighted by Gasteiger charge is 2.04. The molecule has 0 fully saturated rings. The van der Waals surface area contributed by atoms with Crippen LogP contribution in [0, 0.1) is 0 Å². The van der Waals surface area contributed by atoms with Gasteiger partial charge in [0.1, 0.15) is 0 Å².